The fourth-order valence-corrected chi connectivity index (χ4v) is 2.10. The van der Waals surface area contributed by atoms with Crippen LogP contribution in [0.5, 0.6) is 0 Å². The average molecular weight is 169 g/mol. The maximum Gasteiger partial charge on any atom is 0.00302 e. The largest absolute Gasteiger partial charge is 0.303 e. The molecule has 1 aliphatic rings. The summed E-state index contributed by atoms with van der Waals surface area (Å²) in [4.78, 5) is 2.62. The number of rotatable bonds is 1. The van der Waals surface area contributed by atoms with Crippen molar-refractivity contribution >= 4 is 0 Å². The predicted molar refractivity (Wildman–Crippen MR) is 54.3 cm³/mol. The molecule has 1 rings (SSSR count). The summed E-state index contributed by atoms with van der Waals surface area (Å²) in [6.45, 7) is 13.2. The van der Waals surface area contributed by atoms with E-state index in [9.17, 15) is 0 Å². The molecule has 0 radical (unpaired) electrons. The maximum absolute atomic E-state index is 2.62. The first-order valence-corrected chi connectivity index (χ1v) is 5.20. The molecule has 0 aromatic heterocycles. The lowest BCUT2D eigenvalue weighted by atomic mass is 9.93. The van der Waals surface area contributed by atoms with Crippen LogP contribution >= 0.6 is 0 Å². The van der Waals surface area contributed by atoms with Crippen LogP contribution in [0.15, 0.2) is 0 Å². The van der Waals surface area contributed by atoms with Crippen LogP contribution < -0.4 is 0 Å². The van der Waals surface area contributed by atoms with Gasteiger partial charge in [-0.3, -0.25) is 0 Å². The average Bonchev–Trinajstić information content (AvgIpc) is 1.82. The highest BCUT2D eigenvalue weighted by atomic mass is 15.1. The van der Waals surface area contributed by atoms with Crippen molar-refractivity contribution in [2.45, 2.75) is 40.5 Å². The van der Waals surface area contributed by atoms with Crippen molar-refractivity contribution < 1.29 is 0 Å². The van der Waals surface area contributed by atoms with E-state index in [1.807, 2.05) is 0 Å². The van der Waals surface area contributed by atoms with Crippen LogP contribution in [-0.4, -0.2) is 24.5 Å². The van der Waals surface area contributed by atoms with Gasteiger partial charge in [-0.1, -0.05) is 27.7 Å². The molecular formula is C11H23N. The third-order valence-corrected chi connectivity index (χ3v) is 2.44. The van der Waals surface area contributed by atoms with E-state index in [-0.39, 0.29) is 0 Å². The van der Waals surface area contributed by atoms with Crippen LogP contribution in [0.3, 0.4) is 0 Å². The zero-order valence-electron chi connectivity index (χ0n) is 9.06. The van der Waals surface area contributed by atoms with Gasteiger partial charge in [0.15, 0.2) is 0 Å². The van der Waals surface area contributed by atoms with Crippen LogP contribution in [0, 0.1) is 11.3 Å². The molecule has 0 amide bonds. The molecular weight excluding hydrogens is 146 g/mol. The lowest BCUT2D eigenvalue weighted by Crippen LogP contribution is -2.39. The third-order valence-electron chi connectivity index (χ3n) is 2.44. The SMILES string of the molecule is C[C@@H]1CCCN(CC(C)(C)C)C1. The minimum atomic E-state index is 0.469. The molecule has 1 atom stereocenters. The standard InChI is InChI=1S/C11H23N/c1-10-6-5-7-12(8-10)9-11(2,3)4/h10H,5-9H2,1-4H3/t10-/m1/s1. The molecule has 0 unspecified atom stereocenters. The van der Waals surface area contributed by atoms with Crippen molar-refractivity contribution in [1.29, 1.82) is 0 Å². The molecule has 0 aromatic carbocycles. The van der Waals surface area contributed by atoms with Gasteiger partial charge in [-0.05, 0) is 30.7 Å². The Morgan fingerprint density at radius 3 is 2.50 bits per heavy atom. The molecule has 1 heteroatoms. The fourth-order valence-electron chi connectivity index (χ4n) is 2.10. The van der Waals surface area contributed by atoms with Crippen LogP contribution in [0.1, 0.15) is 40.5 Å². The summed E-state index contributed by atoms with van der Waals surface area (Å²) in [6, 6.07) is 0. The Bertz CT molecular complexity index is 134. The van der Waals surface area contributed by atoms with Crippen LogP contribution in [0.2, 0.25) is 0 Å². The van der Waals surface area contributed by atoms with E-state index >= 15 is 0 Å². The van der Waals surface area contributed by atoms with Gasteiger partial charge in [-0.15, -0.1) is 0 Å². The van der Waals surface area contributed by atoms with Crippen LogP contribution in [0.4, 0.5) is 0 Å². The Hall–Kier alpha value is -0.0400. The van der Waals surface area contributed by atoms with Gasteiger partial charge < -0.3 is 4.90 Å². The van der Waals surface area contributed by atoms with Crippen molar-refractivity contribution in [2.24, 2.45) is 11.3 Å². The second-order valence-electron chi connectivity index (χ2n) is 5.54. The first-order valence-electron chi connectivity index (χ1n) is 5.20. The van der Waals surface area contributed by atoms with Crippen molar-refractivity contribution in [3.8, 4) is 0 Å². The molecule has 0 bridgehead atoms. The Morgan fingerprint density at radius 1 is 1.33 bits per heavy atom. The normalized spacial score (nSPS) is 27.5. The molecule has 0 saturated carbocycles. The summed E-state index contributed by atoms with van der Waals surface area (Å²) in [5.41, 5.74) is 0.469. The number of likely N-dealkylation sites (tertiary alicyclic amines) is 1. The molecule has 0 spiro atoms. The zero-order valence-corrected chi connectivity index (χ0v) is 9.06. The van der Waals surface area contributed by atoms with E-state index in [1.54, 1.807) is 0 Å². The summed E-state index contributed by atoms with van der Waals surface area (Å²) < 4.78 is 0. The molecule has 1 heterocycles. The van der Waals surface area contributed by atoms with Gasteiger partial charge >= 0.3 is 0 Å². The monoisotopic (exact) mass is 169 g/mol. The molecule has 0 N–H and O–H groups in total. The molecule has 0 aromatic rings. The summed E-state index contributed by atoms with van der Waals surface area (Å²) in [6.07, 6.45) is 2.83. The Morgan fingerprint density at radius 2 is 2.00 bits per heavy atom. The molecule has 72 valence electrons. The maximum atomic E-state index is 2.62. The van der Waals surface area contributed by atoms with Gasteiger partial charge in [0.05, 0.1) is 0 Å². The fraction of sp³-hybridized carbons (Fsp3) is 1.00. The Kier molecular flexibility index (Phi) is 3.16. The molecule has 12 heavy (non-hydrogen) atoms. The van der Waals surface area contributed by atoms with E-state index < -0.39 is 0 Å². The van der Waals surface area contributed by atoms with Crippen LogP contribution in [-0.2, 0) is 0 Å². The summed E-state index contributed by atoms with van der Waals surface area (Å²) in [5, 5.41) is 0. The van der Waals surface area contributed by atoms with Crippen molar-refractivity contribution in [3.05, 3.63) is 0 Å². The zero-order chi connectivity index (χ0) is 9.19. The van der Waals surface area contributed by atoms with E-state index in [0.29, 0.717) is 5.41 Å². The van der Waals surface area contributed by atoms with Crippen molar-refractivity contribution in [2.75, 3.05) is 19.6 Å². The second-order valence-corrected chi connectivity index (χ2v) is 5.54. The minimum Gasteiger partial charge on any atom is -0.303 e. The third kappa shape index (κ3) is 3.57. The van der Waals surface area contributed by atoms with Gasteiger partial charge in [0.2, 0.25) is 0 Å². The summed E-state index contributed by atoms with van der Waals surface area (Å²) in [7, 11) is 0. The smallest absolute Gasteiger partial charge is 0.00302 e. The van der Waals surface area contributed by atoms with Crippen LogP contribution in [0.25, 0.3) is 0 Å². The molecule has 1 saturated heterocycles. The summed E-state index contributed by atoms with van der Waals surface area (Å²) >= 11 is 0. The lowest BCUT2D eigenvalue weighted by molar-refractivity contribution is 0.134. The Labute approximate surface area is 77.1 Å². The van der Waals surface area contributed by atoms with Crippen molar-refractivity contribution in [1.82, 2.24) is 4.90 Å². The van der Waals surface area contributed by atoms with Gasteiger partial charge in [0, 0.05) is 13.1 Å². The number of hydrogen-bond donors (Lipinski definition) is 0. The van der Waals surface area contributed by atoms with Gasteiger partial charge in [0.25, 0.3) is 0 Å². The highest BCUT2D eigenvalue weighted by Gasteiger charge is 2.20. The van der Waals surface area contributed by atoms with Gasteiger partial charge in [0.1, 0.15) is 0 Å². The minimum absolute atomic E-state index is 0.469. The number of hydrogen-bond acceptors (Lipinski definition) is 1. The number of piperidine rings is 1. The molecule has 1 nitrogen and oxygen atoms in total. The first kappa shape index (κ1) is 10.0. The van der Waals surface area contributed by atoms with Crippen molar-refractivity contribution in [3.63, 3.8) is 0 Å². The quantitative estimate of drug-likeness (QED) is 0.583. The summed E-state index contributed by atoms with van der Waals surface area (Å²) in [5.74, 6) is 0.918. The van der Waals surface area contributed by atoms with Gasteiger partial charge in [-0.2, -0.15) is 0 Å². The van der Waals surface area contributed by atoms with E-state index in [4.69, 9.17) is 0 Å². The molecule has 0 aliphatic carbocycles. The highest BCUT2D eigenvalue weighted by Crippen LogP contribution is 2.21. The number of nitrogens with zero attached hydrogens (tertiary/aromatic N) is 1. The van der Waals surface area contributed by atoms with E-state index in [1.165, 1.54) is 32.5 Å². The predicted octanol–water partition coefficient (Wildman–Crippen LogP) is 2.76. The molecule has 1 aliphatic heterocycles. The van der Waals surface area contributed by atoms with Gasteiger partial charge in [-0.25, -0.2) is 0 Å². The van der Waals surface area contributed by atoms with E-state index in [2.05, 4.69) is 32.6 Å². The topological polar surface area (TPSA) is 3.24 Å². The first-order chi connectivity index (χ1) is 5.47. The highest BCUT2D eigenvalue weighted by molar-refractivity contribution is 4.74. The lowest BCUT2D eigenvalue weighted by Gasteiger charge is -2.35. The van der Waals surface area contributed by atoms with E-state index in [0.717, 1.165) is 5.92 Å². The second kappa shape index (κ2) is 3.78. The Balaban J connectivity index is 2.32. The molecule has 1 fully saturated rings.